The van der Waals surface area contributed by atoms with Gasteiger partial charge in [-0.15, -0.1) is 0 Å². The maximum absolute atomic E-state index is 3.28. The fourth-order valence-corrected chi connectivity index (χ4v) is 16.2. The molecule has 13 rings (SSSR count). The van der Waals surface area contributed by atoms with Crippen LogP contribution in [0.2, 0.25) is 0 Å². The first-order chi connectivity index (χ1) is 31.8. The molecule has 0 saturated carbocycles. The van der Waals surface area contributed by atoms with E-state index in [4.69, 9.17) is 0 Å². The lowest BCUT2D eigenvalue weighted by atomic mass is 10.1. The first-order valence-corrected chi connectivity index (χ1v) is 24.1. The van der Waals surface area contributed by atoms with Gasteiger partial charge in [-0.25, -0.2) is 0 Å². The van der Waals surface area contributed by atoms with Crippen molar-refractivity contribution in [2.75, 3.05) is 0 Å². The maximum Gasteiger partial charge on any atom is 0.184 e. The lowest BCUT2D eigenvalue weighted by molar-refractivity contribution is 1.16. The molecule has 0 N–H and O–H groups in total. The Labute approximate surface area is 372 Å². The zero-order valence-corrected chi connectivity index (χ0v) is 36.0. The molecule has 4 heteroatoms. The van der Waals surface area contributed by atoms with Crippen LogP contribution in [0, 0.1) is 0 Å². The van der Waals surface area contributed by atoms with Crippen LogP contribution in [0.3, 0.4) is 0 Å². The van der Waals surface area contributed by atoms with Crippen molar-refractivity contribution in [1.82, 2.24) is 13.7 Å². The van der Waals surface area contributed by atoms with Crippen molar-refractivity contribution in [3.8, 4) is 17.1 Å². The van der Waals surface area contributed by atoms with Gasteiger partial charge in [-0.05, 0) is 70.2 Å². The van der Waals surface area contributed by atoms with Crippen LogP contribution in [0.5, 0.6) is 0 Å². The molecule has 10 aromatic carbocycles. The summed E-state index contributed by atoms with van der Waals surface area (Å²) in [7, 11) is -3.28. The molecule has 0 saturated heterocycles. The highest BCUT2D eigenvalue weighted by Gasteiger charge is 2.46. The molecule has 3 nitrogen and oxygen atoms in total. The quantitative estimate of drug-likeness (QED) is 0.112. The Hall–Kier alpha value is -8.18. The van der Waals surface area contributed by atoms with E-state index in [2.05, 4.69) is 262 Å². The van der Waals surface area contributed by atoms with Crippen LogP contribution in [0.1, 0.15) is 0 Å². The summed E-state index contributed by atoms with van der Waals surface area (Å²) in [4.78, 5) is 0. The molecule has 0 radical (unpaired) electrons. The second-order valence-electron chi connectivity index (χ2n) is 16.8. The predicted octanol–water partition coefficient (Wildman–Crippen LogP) is 12.4. The van der Waals surface area contributed by atoms with Crippen molar-refractivity contribution >= 4 is 94.2 Å². The Morgan fingerprint density at radius 3 is 1.19 bits per heavy atom. The molecule has 3 aromatic heterocycles. The van der Waals surface area contributed by atoms with Gasteiger partial charge in [0.15, 0.2) is 8.07 Å². The largest absolute Gasteiger partial charge is 0.309 e. The molecule has 0 unspecified atom stereocenters. The van der Waals surface area contributed by atoms with Crippen LogP contribution < -0.4 is 20.7 Å². The molecule has 0 spiro atoms. The van der Waals surface area contributed by atoms with Crippen molar-refractivity contribution in [2.45, 2.75) is 0 Å². The number of para-hydroxylation sites is 5. The smallest absolute Gasteiger partial charge is 0.184 e. The Kier molecular flexibility index (Phi) is 8.23. The third kappa shape index (κ3) is 5.15. The summed E-state index contributed by atoms with van der Waals surface area (Å²) in [6.45, 7) is 0. The Morgan fingerprint density at radius 1 is 0.250 bits per heavy atom. The zero-order valence-electron chi connectivity index (χ0n) is 35.0. The van der Waals surface area contributed by atoms with Crippen molar-refractivity contribution in [2.24, 2.45) is 0 Å². The fourth-order valence-electron chi connectivity index (χ4n) is 11.1. The molecule has 0 aliphatic carbocycles. The van der Waals surface area contributed by atoms with Gasteiger partial charge in [0.05, 0.1) is 38.8 Å². The maximum atomic E-state index is 2.64. The minimum absolute atomic E-state index is 1.14. The van der Waals surface area contributed by atoms with E-state index in [-0.39, 0.29) is 0 Å². The van der Waals surface area contributed by atoms with Gasteiger partial charge in [0, 0.05) is 48.9 Å². The van der Waals surface area contributed by atoms with Crippen LogP contribution in [0.15, 0.2) is 249 Å². The molecule has 0 atom stereocenters. The van der Waals surface area contributed by atoms with Gasteiger partial charge in [0.1, 0.15) is 0 Å². The SMILES string of the molecule is c1ccc(-n2c3ccccc3c3c(-n4c5ccccc5c5ccc(-n6c7ccccc7c7ccccc76)c([Si](c6ccccc6)(c6ccccc6)c6ccccc6)c54)cccc32)cc1. The summed E-state index contributed by atoms with van der Waals surface area (Å²) in [5.41, 5.74) is 10.6. The fraction of sp³-hybridized carbons (Fsp3) is 0. The van der Waals surface area contributed by atoms with E-state index in [0.717, 1.165) is 11.4 Å². The molecule has 0 aliphatic heterocycles. The molecule has 0 fully saturated rings. The number of rotatable bonds is 7. The molecule has 0 amide bonds. The number of aromatic nitrogens is 3. The van der Waals surface area contributed by atoms with E-state index >= 15 is 0 Å². The molecular formula is C60H41N3Si. The van der Waals surface area contributed by atoms with Crippen molar-refractivity contribution in [3.63, 3.8) is 0 Å². The number of hydrogen-bond acceptors (Lipinski definition) is 0. The van der Waals surface area contributed by atoms with Gasteiger partial charge < -0.3 is 13.7 Å². The Bertz CT molecular complexity index is 3730. The van der Waals surface area contributed by atoms with Crippen LogP contribution in [-0.2, 0) is 0 Å². The summed E-state index contributed by atoms with van der Waals surface area (Å²) >= 11 is 0. The highest BCUT2D eigenvalue weighted by Crippen LogP contribution is 2.41. The van der Waals surface area contributed by atoms with Crippen LogP contribution in [0.25, 0.3) is 82.5 Å². The van der Waals surface area contributed by atoms with Gasteiger partial charge in [-0.2, -0.15) is 0 Å². The average Bonchev–Trinajstić information content (AvgIpc) is 4.02. The standard InChI is InChI=1S/C60H41N3Si/c1-5-22-42(23-6-1)61-54-37-20-16-33-50(54)58-55(61)38-21-39-56(58)63-53-36-19-15-32-48(53)49-40-41-57(62-51-34-17-13-30-46(51)47-31-14-18-35-52(47)62)60(59(49)63)64(43-24-7-2-8-25-43,44-26-9-3-10-27-44)45-28-11-4-12-29-45/h1-41H. The van der Waals surface area contributed by atoms with Gasteiger partial charge >= 0.3 is 0 Å². The minimum atomic E-state index is -3.28. The number of fused-ring (bicyclic) bond motifs is 9. The summed E-state index contributed by atoms with van der Waals surface area (Å²) in [6.07, 6.45) is 0. The second kappa shape index (κ2) is 14.5. The van der Waals surface area contributed by atoms with E-state index in [1.54, 1.807) is 0 Å². The van der Waals surface area contributed by atoms with Crippen LogP contribution in [-0.4, -0.2) is 21.8 Å². The molecule has 3 heterocycles. The predicted molar refractivity (Wildman–Crippen MR) is 273 cm³/mol. The summed E-state index contributed by atoms with van der Waals surface area (Å²) in [5, 5.41) is 12.7. The first kappa shape index (κ1) is 36.5. The van der Waals surface area contributed by atoms with E-state index < -0.39 is 8.07 Å². The number of benzene rings is 10. The van der Waals surface area contributed by atoms with Crippen LogP contribution in [0.4, 0.5) is 0 Å². The zero-order chi connectivity index (χ0) is 42.2. The summed E-state index contributed by atoms with van der Waals surface area (Å²) < 4.78 is 7.64. The summed E-state index contributed by atoms with van der Waals surface area (Å²) in [6, 6.07) is 92.6. The van der Waals surface area contributed by atoms with E-state index in [9.17, 15) is 0 Å². The molecule has 64 heavy (non-hydrogen) atoms. The Morgan fingerprint density at radius 2 is 0.656 bits per heavy atom. The molecule has 300 valence electrons. The third-order valence-electron chi connectivity index (χ3n) is 13.6. The lowest BCUT2D eigenvalue weighted by Gasteiger charge is -2.37. The second-order valence-corrected chi connectivity index (χ2v) is 20.5. The normalized spacial score (nSPS) is 12.1. The number of nitrogens with zero attached hydrogens (tertiary/aromatic N) is 3. The highest BCUT2D eigenvalue weighted by atomic mass is 28.3. The van der Waals surface area contributed by atoms with E-state index in [1.807, 2.05) is 0 Å². The monoisotopic (exact) mass is 831 g/mol. The topological polar surface area (TPSA) is 14.8 Å². The molecular weight excluding hydrogens is 791 g/mol. The molecule has 13 aromatic rings. The third-order valence-corrected chi connectivity index (χ3v) is 18.4. The van der Waals surface area contributed by atoms with E-state index in [1.165, 1.54) is 91.9 Å². The minimum Gasteiger partial charge on any atom is -0.309 e. The average molecular weight is 832 g/mol. The van der Waals surface area contributed by atoms with Crippen LogP contribution >= 0.6 is 0 Å². The molecule has 0 aliphatic rings. The van der Waals surface area contributed by atoms with Crippen molar-refractivity contribution in [1.29, 1.82) is 0 Å². The highest BCUT2D eigenvalue weighted by molar-refractivity contribution is 7.21. The van der Waals surface area contributed by atoms with Crippen molar-refractivity contribution < 1.29 is 0 Å². The molecule has 0 bridgehead atoms. The lowest BCUT2D eigenvalue weighted by Crippen LogP contribution is -2.75. The van der Waals surface area contributed by atoms with Gasteiger partial charge in [-0.1, -0.05) is 194 Å². The van der Waals surface area contributed by atoms with E-state index in [0.29, 0.717) is 0 Å². The van der Waals surface area contributed by atoms with Gasteiger partial charge in [-0.3, -0.25) is 0 Å². The van der Waals surface area contributed by atoms with Crippen molar-refractivity contribution in [3.05, 3.63) is 249 Å². The van der Waals surface area contributed by atoms with Gasteiger partial charge in [0.25, 0.3) is 0 Å². The Balaban J connectivity index is 1.32. The number of hydrogen-bond donors (Lipinski definition) is 0. The summed E-state index contributed by atoms with van der Waals surface area (Å²) in [5.74, 6) is 0. The van der Waals surface area contributed by atoms with Gasteiger partial charge in [0.2, 0.25) is 0 Å². The first-order valence-electron chi connectivity index (χ1n) is 22.1.